The lowest BCUT2D eigenvalue weighted by atomic mass is 9.93. The fourth-order valence-corrected chi connectivity index (χ4v) is 3.04. The molecule has 1 aliphatic heterocycles. The van der Waals surface area contributed by atoms with Crippen LogP contribution in [0.1, 0.15) is 29.7 Å². The molecule has 0 spiro atoms. The van der Waals surface area contributed by atoms with Crippen LogP contribution >= 0.6 is 31.9 Å². The SMILES string of the molecule is N[C@@H]1CC(c2ccc(Br)c(Br)c2)Oc2ccc(F)cc21. The number of hydrogen-bond acceptors (Lipinski definition) is 2. The van der Waals surface area contributed by atoms with Gasteiger partial charge in [0.15, 0.2) is 0 Å². The molecule has 2 aromatic rings. The van der Waals surface area contributed by atoms with Crippen LogP contribution in [0.15, 0.2) is 45.3 Å². The topological polar surface area (TPSA) is 35.2 Å². The molecule has 0 aliphatic carbocycles. The van der Waals surface area contributed by atoms with Gasteiger partial charge in [-0.15, -0.1) is 0 Å². The zero-order valence-corrected chi connectivity index (χ0v) is 13.6. The average molecular weight is 401 g/mol. The molecule has 1 heterocycles. The summed E-state index contributed by atoms with van der Waals surface area (Å²) < 4.78 is 21.2. The van der Waals surface area contributed by atoms with Crippen molar-refractivity contribution in [2.45, 2.75) is 18.6 Å². The summed E-state index contributed by atoms with van der Waals surface area (Å²) >= 11 is 6.93. The molecular formula is C15H12Br2FNO. The lowest BCUT2D eigenvalue weighted by Crippen LogP contribution is -2.24. The highest BCUT2D eigenvalue weighted by molar-refractivity contribution is 9.13. The van der Waals surface area contributed by atoms with Crippen LogP contribution in [0, 0.1) is 5.82 Å². The molecule has 0 radical (unpaired) electrons. The summed E-state index contributed by atoms with van der Waals surface area (Å²) in [6, 6.07) is 10.2. The van der Waals surface area contributed by atoms with Gasteiger partial charge in [-0.05, 0) is 67.8 Å². The number of hydrogen-bond donors (Lipinski definition) is 1. The van der Waals surface area contributed by atoms with Crippen molar-refractivity contribution in [3.05, 3.63) is 62.3 Å². The summed E-state index contributed by atoms with van der Waals surface area (Å²) in [4.78, 5) is 0. The first kappa shape index (κ1) is 14.0. The molecule has 0 fully saturated rings. The first-order valence-electron chi connectivity index (χ1n) is 6.21. The highest BCUT2D eigenvalue weighted by Gasteiger charge is 2.27. The molecule has 0 saturated heterocycles. The molecule has 1 aliphatic rings. The molecule has 104 valence electrons. The summed E-state index contributed by atoms with van der Waals surface area (Å²) in [5.41, 5.74) is 7.92. The Labute approximate surface area is 133 Å². The molecule has 1 unspecified atom stereocenters. The van der Waals surface area contributed by atoms with Gasteiger partial charge in [0.25, 0.3) is 0 Å². The van der Waals surface area contributed by atoms with Gasteiger partial charge in [0.05, 0.1) is 0 Å². The van der Waals surface area contributed by atoms with Crippen molar-refractivity contribution in [2.24, 2.45) is 5.73 Å². The third kappa shape index (κ3) is 2.62. The molecular weight excluding hydrogens is 389 g/mol. The number of halogens is 3. The fraction of sp³-hybridized carbons (Fsp3) is 0.200. The van der Waals surface area contributed by atoms with Gasteiger partial charge in [0, 0.05) is 27.0 Å². The highest BCUT2D eigenvalue weighted by atomic mass is 79.9. The zero-order valence-electron chi connectivity index (χ0n) is 10.4. The third-order valence-corrected chi connectivity index (χ3v) is 5.30. The van der Waals surface area contributed by atoms with Gasteiger partial charge in [-0.1, -0.05) is 6.07 Å². The standard InChI is InChI=1S/C15H12Br2FNO/c16-11-3-1-8(5-12(11)17)15-7-13(19)10-6-9(18)2-4-14(10)20-15/h1-6,13,15H,7,19H2/t13-,15?/m1/s1. The highest BCUT2D eigenvalue weighted by Crippen LogP contribution is 2.40. The van der Waals surface area contributed by atoms with Crippen LogP contribution in [0.3, 0.4) is 0 Å². The number of fused-ring (bicyclic) bond motifs is 1. The molecule has 3 rings (SSSR count). The minimum absolute atomic E-state index is 0.118. The van der Waals surface area contributed by atoms with E-state index in [0.717, 1.165) is 20.1 Å². The van der Waals surface area contributed by atoms with Crippen molar-refractivity contribution >= 4 is 31.9 Å². The Bertz CT molecular complexity index is 662. The van der Waals surface area contributed by atoms with Crippen LogP contribution < -0.4 is 10.5 Å². The van der Waals surface area contributed by atoms with E-state index < -0.39 is 0 Å². The van der Waals surface area contributed by atoms with Crippen LogP contribution in [-0.4, -0.2) is 0 Å². The predicted molar refractivity (Wildman–Crippen MR) is 83.2 cm³/mol. The summed E-state index contributed by atoms with van der Waals surface area (Å²) in [5.74, 6) is 0.377. The molecule has 2 atom stereocenters. The van der Waals surface area contributed by atoms with Crippen LogP contribution in [0.4, 0.5) is 4.39 Å². The van der Waals surface area contributed by atoms with Crippen LogP contribution in [0.25, 0.3) is 0 Å². The lowest BCUT2D eigenvalue weighted by molar-refractivity contribution is 0.161. The fourth-order valence-electron chi connectivity index (χ4n) is 2.39. The van der Waals surface area contributed by atoms with Crippen molar-refractivity contribution in [2.75, 3.05) is 0 Å². The van der Waals surface area contributed by atoms with Crippen molar-refractivity contribution in [1.82, 2.24) is 0 Å². The molecule has 0 aromatic heterocycles. The summed E-state index contributed by atoms with van der Waals surface area (Å²) in [6.45, 7) is 0. The van der Waals surface area contributed by atoms with Crippen LogP contribution in [-0.2, 0) is 0 Å². The van der Waals surface area contributed by atoms with Crippen molar-refractivity contribution < 1.29 is 9.13 Å². The van der Waals surface area contributed by atoms with Gasteiger partial charge in [0.1, 0.15) is 17.7 Å². The van der Waals surface area contributed by atoms with Gasteiger partial charge in [-0.3, -0.25) is 0 Å². The maximum absolute atomic E-state index is 13.3. The van der Waals surface area contributed by atoms with Gasteiger partial charge in [-0.25, -0.2) is 4.39 Å². The molecule has 2 nitrogen and oxygen atoms in total. The minimum atomic E-state index is -0.285. The Morgan fingerprint density at radius 1 is 1.10 bits per heavy atom. The second kappa shape index (κ2) is 5.47. The maximum atomic E-state index is 13.3. The predicted octanol–water partition coefficient (Wildman–Crippen LogP) is 4.87. The Balaban J connectivity index is 1.94. The maximum Gasteiger partial charge on any atom is 0.126 e. The Hall–Kier alpha value is -0.910. The van der Waals surface area contributed by atoms with E-state index in [1.165, 1.54) is 12.1 Å². The number of benzene rings is 2. The van der Waals surface area contributed by atoms with Crippen molar-refractivity contribution in [3.63, 3.8) is 0 Å². The second-order valence-corrected chi connectivity index (χ2v) is 6.51. The molecule has 0 bridgehead atoms. The van der Waals surface area contributed by atoms with Gasteiger partial charge in [-0.2, -0.15) is 0 Å². The Kier molecular flexibility index (Phi) is 3.84. The first-order valence-corrected chi connectivity index (χ1v) is 7.80. The molecule has 2 aromatic carbocycles. The Morgan fingerprint density at radius 3 is 2.65 bits per heavy atom. The molecule has 5 heteroatoms. The molecule has 0 saturated carbocycles. The normalized spacial score (nSPS) is 21.2. The third-order valence-electron chi connectivity index (χ3n) is 3.42. The van der Waals surface area contributed by atoms with Crippen molar-refractivity contribution in [3.8, 4) is 5.75 Å². The quantitative estimate of drug-likeness (QED) is 0.740. The molecule has 0 amide bonds. The Morgan fingerprint density at radius 2 is 1.90 bits per heavy atom. The molecule has 20 heavy (non-hydrogen) atoms. The van der Waals surface area contributed by atoms with E-state index in [1.54, 1.807) is 6.07 Å². The summed E-state index contributed by atoms with van der Waals surface area (Å²) in [6.07, 6.45) is 0.511. The lowest BCUT2D eigenvalue weighted by Gasteiger charge is -2.30. The minimum Gasteiger partial charge on any atom is -0.485 e. The monoisotopic (exact) mass is 399 g/mol. The van der Waals surface area contributed by atoms with E-state index in [4.69, 9.17) is 10.5 Å². The van der Waals surface area contributed by atoms with E-state index in [-0.39, 0.29) is 18.0 Å². The summed E-state index contributed by atoms with van der Waals surface area (Å²) in [7, 11) is 0. The summed E-state index contributed by atoms with van der Waals surface area (Å²) in [5, 5.41) is 0. The van der Waals surface area contributed by atoms with Gasteiger partial charge < -0.3 is 10.5 Å². The number of ether oxygens (including phenoxy) is 1. The number of rotatable bonds is 1. The van der Waals surface area contributed by atoms with E-state index in [1.807, 2.05) is 18.2 Å². The van der Waals surface area contributed by atoms with Crippen molar-refractivity contribution in [1.29, 1.82) is 0 Å². The van der Waals surface area contributed by atoms with E-state index in [9.17, 15) is 4.39 Å². The van der Waals surface area contributed by atoms with E-state index in [0.29, 0.717) is 12.2 Å². The first-order chi connectivity index (χ1) is 9.54. The molecule has 2 N–H and O–H groups in total. The van der Waals surface area contributed by atoms with Crippen LogP contribution in [0.2, 0.25) is 0 Å². The van der Waals surface area contributed by atoms with Crippen LogP contribution in [0.5, 0.6) is 5.75 Å². The zero-order chi connectivity index (χ0) is 14.3. The number of nitrogens with two attached hydrogens (primary N) is 1. The van der Waals surface area contributed by atoms with Gasteiger partial charge >= 0.3 is 0 Å². The second-order valence-electron chi connectivity index (χ2n) is 4.80. The average Bonchev–Trinajstić information content (AvgIpc) is 2.42. The van der Waals surface area contributed by atoms with E-state index in [2.05, 4.69) is 31.9 Å². The van der Waals surface area contributed by atoms with E-state index >= 15 is 0 Å². The van der Waals surface area contributed by atoms with Gasteiger partial charge in [0.2, 0.25) is 0 Å². The largest absolute Gasteiger partial charge is 0.485 e. The smallest absolute Gasteiger partial charge is 0.126 e.